The molecule has 3 atom stereocenters. The molecule has 2 aliphatic heterocycles. The minimum Gasteiger partial charge on any atom is -0.311 e. The lowest BCUT2D eigenvalue weighted by molar-refractivity contribution is 0.0556. The molecule has 0 aromatic carbocycles. The lowest BCUT2D eigenvalue weighted by atomic mass is 9.84. The summed E-state index contributed by atoms with van der Waals surface area (Å²) in [6.07, 6.45) is 4.18. The van der Waals surface area contributed by atoms with Crippen LogP contribution in [0.5, 0.6) is 0 Å². The van der Waals surface area contributed by atoms with Crippen LogP contribution in [0.25, 0.3) is 0 Å². The Morgan fingerprint density at radius 3 is 2.58 bits per heavy atom. The van der Waals surface area contributed by atoms with Crippen LogP contribution in [-0.2, 0) is 0 Å². The fraction of sp³-hybridized carbons (Fsp3) is 1.00. The van der Waals surface area contributed by atoms with Crippen LogP contribution in [0.15, 0.2) is 0 Å². The molecule has 112 valence electrons. The Labute approximate surface area is 119 Å². The van der Waals surface area contributed by atoms with Crippen LogP contribution < -0.4 is 5.32 Å². The molecule has 3 heteroatoms. The fourth-order valence-corrected chi connectivity index (χ4v) is 3.40. The van der Waals surface area contributed by atoms with E-state index in [9.17, 15) is 0 Å². The molecule has 0 bridgehead atoms. The molecule has 2 aliphatic rings. The zero-order chi connectivity index (χ0) is 14.0. The Kier molecular flexibility index (Phi) is 4.91. The third kappa shape index (κ3) is 3.93. The van der Waals surface area contributed by atoms with Crippen molar-refractivity contribution < 1.29 is 0 Å². The van der Waals surface area contributed by atoms with Crippen molar-refractivity contribution in [3.05, 3.63) is 0 Å². The Bertz CT molecular complexity index is 284. The van der Waals surface area contributed by atoms with E-state index in [0.717, 1.165) is 12.6 Å². The van der Waals surface area contributed by atoms with Crippen LogP contribution in [0, 0.1) is 5.41 Å². The lowest BCUT2D eigenvalue weighted by Crippen LogP contribution is -2.61. The van der Waals surface area contributed by atoms with Gasteiger partial charge in [-0.15, -0.1) is 0 Å². The van der Waals surface area contributed by atoms with Gasteiger partial charge >= 0.3 is 0 Å². The van der Waals surface area contributed by atoms with Crippen molar-refractivity contribution in [1.82, 2.24) is 15.1 Å². The van der Waals surface area contributed by atoms with Gasteiger partial charge in [0.2, 0.25) is 0 Å². The predicted octanol–water partition coefficient (Wildman–Crippen LogP) is 2.18. The first-order valence-electron chi connectivity index (χ1n) is 8.05. The second-order valence-electron chi connectivity index (χ2n) is 7.76. The van der Waals surface area contributed by atoms with Gasteiger partial charge in [-0.05, 0) is 38.8 Å². The number of piperidine rings is 1. The quantitative estimate of drug-likeness (QED) is 0.827. The Morgan fingerprint density at radius 2 is 1.95 bits per heavy atom. The van der Waals surface area contributed by atoms with Gasteiger partial charge in [0.1, 0.15) is 0 Å². The van der Waals surface area contributed by atoms with Crippen LogP contribution in [0.3, 0.4) is 0 Å². The molecule has 0 amide bonds. The van der Waals surface area contributed by atoms with E-state index in [-0.39, 0.29) is 0 Å². The van der Waals surface area contributed by atoms with Crippen LogP contribution in [0.2, 0.25) is 0 Å². The van der Waals surface area contributed by atoms with Crippen molar-refractivity contribution in [3.63, 3.8) is 0 Å². The normalized spacial score (nSPS) is 35.5. The van der Waals surface area contributed by atoms with Crippen LogP contribution in [0.1, 0.15) is 47.0 Å². The summed E-state index contributed by atoms with van der Waals surface area (Å²) in [6, 6.07) is 2.07. The number of piperazine rings is 1. The number of rotatable bonds is 2. The lowest BCUT2D eigenvalue weighted by Gasteiger charge is -2.46. The highest BCUT2D eigenvalue weighted by molar-refractivity contribution is 4.92. The summed E-state index contributed by atoms with van der Waals surface area (Å²) in [5.41, 5.74) is 0.358. The topological polar surface area (TPSA) is 18.5 Å². The summed E-state index contributed by atoms with van der Waals surface area (Å²) in [4.78, 5) is 5.29. The minimum atomic E-state index is 0.358. The van der Waals surface area contributed by atoms with Gasteiger partial charge in [-0.2, -0.15) is 0 Å². The molecule has 2 saturated heterocycles. The molecule has 2 heterocycles. The number of likely N-dealkylation sites (N-methyl/N-ethyl adjacent to an activating group) is 1. The molecule has 2 rings (SSSR count). The summed E-state index contributed by atoms with van der Waals surface area (Å²) >= 11 is 0. The second kappa shape index (κ2) is 6.11. The largest absolute Gasteiger partial charge is 0.311 e. The molecular formula is C16H33N3. The fourth-order valence-electron chi connectivity index (χ4n) is 3.40. The van der Waals surface area contributed by atoms with Gasteiger partial charge in [-0.1, -0.05) is 27.2 Å². The third-order valence-corrected chi connectivity index (χ3v) is 5.11. The van der Waals surface area contributed by atoms with E-state index in [1.165, 1.54) is 38.9 Å². The van der Waals surface area contributed by atoms with E-state index in [0.29, 0.717) is 17.5 Å². The summed E-state index contributed by atoms with van der Waals surface area (Å²) in [5.74, 6) is 0. The minimum absolute atomic E-state index is 0.358. The van der Waals surface area contributed by atoms with Crippen molar-refractivity contribution in [3.8, 4) is 0 Å². The van der Waals surface area contributed by atoms with E-state index in [1.54, 1.807) is 0 Å². The first kappa shape index (κ1) is 15.3. The standard InChI is InChI=1S/C16H33N3/c1-13-10-17-15(16(2,3)4)12-19(13)11-14-8-6-7-9-18(14)5/h13-15,17H,6-12H2,1-5H3. The SMILES string of the molecule is CC1CNC(C(C)(C)C)CN1CC1CCCCN1C. The third-order valence-electron chi connectivity index (χ3n) is 5.11. The molecule has 0 radical (unpaired) electrons. The number of hydrogen-bond donors (Lipinski definition) is 1. The van der Waals surface area contributed by atoms with E-state index < -0.39 is 0 Å². The molecule has 2 fully saturated rings. The molecule has 19 heavy (non-hydrogen) atoms. The average Bonchev–Trinajstić information content (AvgIpc) is 2.33. The molecular weight excluding hydrogens is 234 g/mol. The second-order valence-corrected chi connectivity index (χ2v) is 7.76. The highest BCUT2D eigenvalue weighted by atomic mass is 15.3. The van der Waals surface area contributed by atoms with E-state index in [1.807, 2.05) is 0 Å². The predicted molar refractivity (Wildman–Crippen MR) is 82.5 cm³/mol. The first-order chi connectivity index (χ1) is 8.88. The van der Waals surface area contributed by atoms with Crippen LogP contribution >= 0.6 is 0 Å². The van der Waals surface area contributed by atoms with E-state index in [4.69, 9.17) is 0 Å². The number of nitrogens with zero attached hydrogens (tertiary/aromatic N) is 2. The maximum absolute atomic E-state index is 3.73. The number of hydrogen-bond acceptors (Lipinski definition) is 3. The van der Waals surface area contributed by atoms with Gasteiger partial charge in [-0.25, -0.2) is 0 Å². The van der Waals surface area contributed by atoms with Gasteiger partial charge in [-0.3, -0.25) is 4.90 Å². The van der Waals surface area contributed by atoms with E-state index in [2.05, 4.69) is 49.9 Å². The average molecular weight is 267 g/mol. The Hall–Kier alpha value is -0.120. The molecule has 1 N–H and O–H groups in total. The maximum atomic E-state index is 3.73. The number of likely N-dealkylation sites (tertiary alicyclic amines) is 1. The van der Waals surface area contributed by atoms with Gasteiger partial charge < -0.3 is 10.2 Å². The summed E-state index contributed by atoms with van der Waals surface area (Å²) in [7, 11) is 2.30. The van der Waals surface area contributed by atoms with Gasteiger partial charge in [0.25, 0.3) is 0 Å². The Balaban J connectivity index is 1.93. The van der Waals surface area contributed by atoms with Crippen LogP contribution in [0.4, 0.5) is 0 Å². The Morgan fingerprint density at radius 1 is 1.21 bits per heavy atom. The van der Waals surface area contributed by atoms with Crippen molar-refractivity contribution >= 4 is 0 Å². The number of nitrogens with one attached hydrogen (secondary N) is 1. The van der Waals surface area contributed by atoms with Crippen molar-refractivity contribution in [2.45, 2.75) is 65.1 Å². The molecule has 3 unspecified atom stereocenters. The zero-order valence-corrected chi connectivity index (χ0v) is 13.6. The van der Waals surface area contributed by atoms with Crippen molar-refractivity contribution in [2.75, 3.05) is 33.2 Å². The molecule has 0 aliphatic carbocycles. The molecule has 3 nitrogen and oxygen atoms in total. The monoisotopic (exact) mass is 267 g/mol. The van der Waals surface area contributed by atoms with Gasteiger partial charge in [0.15, 0.2) is 0 Å². The van der Waals surface area contributed by atoms with E-state index >= 15 is 0 Å². The van der Waals surface area contributed by atoms with Crippen molar-refractivity contribution in [1.29, 1.82) is 0 Å². The maximum Gasteiger partial charge on any atom is 0.0244 e. The van der Waals surface area contributed by atoms with Crippen molar-refractivity contribution in [2.24, 2.45) is 5.41 Å². The highest BCUT2D eigenvalue weighted by Gasteiger charge is 2.34. The van der Waals surface area contributed by atoms with Gasteiger partial charge in [0, 0.05) is 37.8 Å². The highest BCUT2D eigenvalue weighted by Crippen LogP contribution is 2.25. The summed E-state index contributed by atoms with van der Waals surface area (Å²) in [6.45, 7) is 14.3. The van der Waals surface area contributed by atoms with Crippen LogP contribution in [-0.4, -0.2) is 61.2 Å². The molecule has 0 spiro atoms. The summed E-state index contributed by atoms with van der Waals surface area (Å²) < 4.78 is 0. The zero-order valence-electron chi connectivity index (χ0n) is 13.6. The first-order valence-corrected chi connectivity index (χ1v) is 8.05. The molecule has 0 saturated carbocycles. The smallest absolute Gasteiger partial charge is 0.0244 e. The molecule has 0 aromatic rings. The summed E-state index contributed by atoms with van der Waals surface area (Å²) in [5, 5.41) is 3.73. The molecule has 0 aromatic heterocycles. The van der Waals surface area contributed by atoms with Gasteiger partial charge in [0.05, 0.1) is 0 Å².